The van der Waals surface area contributed by atoms with Gasteiger partial charge >= 0.3 is 0 Å². The van der Waals surface area contributed by atoms with Crippen molar-refractivity contribution in [3.8, 4) is 0 Å². The van der Waals surface area contributed by atoms with Gasteiger partial charge < -0.3 is 9.30 Å². The van der Waals surface area contributed by atoms with Crippen LogP contribution in [0.4, 0.5) is 4.39 Å². The van der Waals surface area contributed by atoms with Gasteiger partial charge in [-0.25, -0.2) is 9.37 Å². The number of hydrogen-bond donors (Lipinski definition) is 0. The average molecular weight is 329 g/mol. The van der Waals surface area contributed by atoms with Crippen molar-refractivity contribution < 1.29 is 9.13 Å². The molecule has 1 fully saturated rings. The van der Waals surface area contributed by atoms with E-state index in [-0.39, 0.29) is 5.82 Å². The minimum Gasteiger partial charge on any atom is -0.380 e. The summed E-state index contributed by atoms with van der Waals surface area (Å²) in [5, 5.41) is 0. The second-order valence-corrected chi connectivity index (χ2v) is 7.16. The molecule has 5 heteroatoms. The third kappa shape index (κ3) is 3.52. The molecule has 0 saturated heterocycles. The lowest BCUT2D eigenvalue weighted by Crippen LogP contribution is -2.36. The molecule has 0 N–H and O–H groups in total. The molecule has 0 unspecified atom stereocenters. The van der Waals surface area contributed by atoms with E-state index >= 15 is 0 Å². The van der Waals surface area contributed by atoms with Crippen molar-refractivity contribution >= 4 is 0 Å². The van der Waals surface area contributed by atoms with Crippen molar-refractivity contribution in [1.29, 1.82) is 0 Å². The lowest BCUT2D eigenvalue weighted by Gasteiger charge is -2.33. The molecule has 4 rings (SSSR count). The van der Waals surface area contributed by atoms with Crippen molar-refractivity contribution in [2.24, 2.45) is 13.0 Å². The van der Waals surface area contributed by atoms with Crippen molar-refractivity contribution in [3.63, 3.8) is 0 Å². The number of nitrogens with zero attached hydrogens (tertiary/aromatic N) is 3. The molecule has 0 amide bonds. The molecule has 1 atom stereocenters. The highest BCUT2D eigenvalue weighted by Gasteiger charge is 2.30. The molecule has 0 bridgehead atoms. The maximum atomic E-state index is 13.1. The fourth-order valence-corrected chi connectivity index (χ4v) is 3.57. The first-order chi connectivity index (χ1) is 11.7. The highest BCUT2D eigenvalue weighted by molar-refractivity contribution is 5.23. The second-order valence-electron chi connectivity index (χ2n) is 7.16. The molecule has 4 nitrogen and oxygen atoms in total. The Balaban J connectivity index is 1.45. The van der Waals surface area contributed by atoms with Gasteiger partial charge in [0.05, 0.1) is 18.6 Å². The molecular weight excluding hydrogens is 305 g/mol. The van der Waals surface area contributed by atoms with Crippen LogP contribution in [0.15, 0.2) is 30.6 Å². The molecule has 1 saturated carbocycles. The lowest BCUT2D eigenvalue weighted by molar-refractivity contribution is 0.0867. The van der Waals surface area contributed by atoms with Crippen molar-refractivity contribution in [1.82, 2.24) is 14.5 Å². The molecule has 2 aliphatic rings. The van der Waals surface area contributed by atoms with Crippen LogP contribution in [0, 0.1) is 11.7 Å². The summed E-state index contributed by atoms with van der Waals surface area (Å²) < 4.78 is 21.2. The van der Waals surface area contributed by atoms with E-state index in [1.165, 1.54) is 30.7 Å². The predicted octanol–water partition coefficient (Wildman–Crippen LogP) is 3.09. The molecule has 2 heterocycles. The molecule has 0 spiro atoms. The number of aromatic nitrogens is 2. The first-order valence-corrected chi connectivity index (χ1v) is 8.73. The number of benzene rings is 1. The normalized spacial score (nSPS) is 21.0. The molecule has 1 aliphatic heterocycles. The zero-order valence-corrected chi connectivity index (χ0v) is 14.1. The van der Waals surface area contributed by atoms with Gasteiger partial charge in [0.25, 0.3) is 0 Å². The van der Waals surface area contributed by atoms with Gasteiger partial charge in [-0.05, 0) is 36.5 Å². The molecule has 2 aromatic rings. The maximum absolute atomic E-state index is 13.1. The Morgan fingerprint density at radius 3 is 2.75 bits per heavy atom. The number of aryl methyl sites for hydroxylation is 1. The van der Waals surface area contributed by atoms with Crippen molar-refractivity contribution in [3.05, 3.63) is 53.4 Å². The van der Waals surface area contributed by atoms with Crippen LogP contribution in [-0.4, -0.2) is 34.2 Å². The van der Waals surface area contributed by atoms with Crippen LogP contribution in [0.3, 0.4) is 0 Å². The zero-order chi connectivity index (χ0) is 16.5. The number of hydrogen-bond acceptors (Lipinski definition) is 3. The van der Waals surface area contributed by atoms with Crippen LogP contribution in [0.1, 0.15) is 35.7 Å². The topological polar surface area (TPSA) is 30.3 Å². The monoisotopic (exact) mass is 329 g/mol. The number of ether oxygens (including phenoxy) is 1. The summed E-state index contributed by atoms with van der Waals surface area (Å²) in [4.78, 5) is 6.96. The summed E-state index contributed by atoms with van der Waals surface area (Å²) in [6.45, 7) is 4.25. The van der Waals surface area contributed by atoms with Gasteiger partial charge in [0, 0.05) is 44.9 Å². The Labute approximate surface area is 142 Å². The van der Waals surface area contributed by atoms with E-state index in [1.54, 1.807) is 0 Å². The van der Waals surface area contributed by atoms with E-state index in [1.807, 2.05) is 18.5 Å². The summed E-state index contributed by atoms with van der Waals surface area (Å²) in [5.41, 5.74) is 3.58. The van der Waals surface area contributed by atoms with Crippen LogP contribution in [0.2, 0.25) is 0 Å². The van der Waals surface area contributed by atoms with E-state index in [9.17, 15) is 4.39 Å². The van der Waals surface area contributed by atoms with Gasteiger partial charge in [0.1, 0.15) is 5.82 Å². The van der Waals surface area contributed by atoms with Crippen LogP contribution >= 0.6 is 0 Å². The van der Waals surface area contributed by atoms with Gasteiger partial charge in [-0.1, -0.05) is 12.1 Å². The Kier molecular flexibility index (Phi) is 4.37. The van der Waals surface area contributed by atoms with Crippen molar-refractivity contribution in [2.75, 3.05) is 19.8 Å². The second kappa shape index (κ2) is 6.65. The highest BCUT2D eigenvalue weighted by atomic mass is 19.1. The number of rotatable bonds is 6. The molecule has 0 radical (unpaired) electrons. The minimum absolute atomic E-state index is 0.184. The lowest BCUT2D eigenvalue weighted by atomic mass is 9.98. The van der Waals surface area contributed by atoms with E-state index in [2.05, 4.69) is 21.5 Å². The minimum atomic E-state index is -0.184. The Hall–Kier alpha value is -1.72. The summed E-state index contributed by atoms with van der Waals surface area (Å²) in [7, 11) is 2.06. The summed E-state index contributed by atoms with van der Waals surface area (Å²) in [5.74, 6) is 0.950. The van der Waals surface area contributed by atoms with E-state index in [4.69, 9.17) is 4.74 Å². The summed E-state index contributed by atoms with van der Waals surface area (Å²) in [6.07, 6.45) is 4.54. The van der Waals surface area contributed by atoms with Crippen LogP contribution in [0.5, 0.6) is 0 Å². The van der Waals surface area contributed by atoms with Gasteiger partial charge in [0.15, 0.2) is 0 Å². The van der Waals surface area contributed by atoms with Crippen LogP contribution in [0.25, 0.3) is 0 Å². The fraction of sp³-hybridized carbons (Fsp3) is 0.526. The van der Waals surface area contributed by atoms with E-state index in [0.717, 1.165) is 50.0 Å². The molecule has 1 aromatic heterocycles. The summed E-state index contributed by atoms with van der Waals surface area (Å²) in [6, 6.07) is 6.78. The SMILES string of the molecule is Cn1cnc2c1[C@@H](COCC1CC1)CN(Cc1ccc(F)cc1)C2. The standard InChI is InChI=1S/C19H24FN3O/c1-22-13-21-18-10-23(8-14-4-6-17(20)7-5-14)9-16(19(18)22)12-24-11-15-2-3-15/h4-7,13,15-16H,2-3,8-12H2,1H3/t16-/m1/s1. The third-order valence-electron chi connectivity index (χ3n) is 4.99. The molecule has 24 heavy (non-hydrogen) atoms. The van der Waals surface area contributed by atoms with Crippen molar-refractivity contribution in [2.45, 2.75) is 31.8 Å². The Bertz CT molecular complexity index is 693. The van der Waals surface area contributed by atoms with Crippen LogP contribution in [-0.2, 0) is 24.9 Å². The quantitative estimate of drug-likeness (QED) is 0.816. The highest BCUT2D eigenvalue weighted by Crippen LogP contribution is 2.31. The summed E-state index contributed by atoms with van der Waals surface area (Å²) >= 11 is 0. The fourth-order valence-electron chi connectivity index (χ4n) is 3.57. The average Bonchev–Trinajstić information content (AvgIpc) is 3.32. The number of imidazole rings is 1. The largest absolute Gasteiger partial charge is 0.380 e. The Morgan fingerprint density at radius 2 is 2.00 bits per heavy atom. The van der Waals surface area contributed by atoms with E-state index in [0.29, 0.717) is 5.92 Å². The van der Waals surface area contributed by atoms with Crippen LogP contribution < -0.4 is 0 Å². The Morgan fingerprint density at radius 1 is 1.21 bits per heavy atom. The van der Waals surface area contributed by atoms with Gasteiger partial charge in [0.2, 0.25) is 0 Å². The van der Waals surface area contributed by atoms with Gasteiger partial charge in [-0.2, -0.15) is 0 Å². The molecule has 1 aliphatic carbocycles. The molecule has 128 valence electrons. The zero-order valence-electron chi connectivity index (χ0n) is 14.1. The van der Waals surface area contributed by atoms with Gasteiger partial charge in [-0.3, -0.25) is 4.90 Å². The number of halogens is 1. The molecular formula is C19H24FN3O. The smallest absolute Gasteiger partial charge is 0.123 e. The van der Waals surface area contributed by atoms with E-state index < -0.39 is 0 Å². The molecule has 1 aromatic carbocycles. The predicted molar refractivity (Wildman–Crippen MR) is 90.0 cm³/mol. The first-order valence-electron chi connectivity index (χ1n) is 8.73. The maximum Gasteiger partial charge on any atom is 0.123 e. The van der Waals surface area contributed by atoms with Gasteiger partial charge in [-0.15, -0.1) is 0 Å². The first kappa shape index (κ1) is 15.8. The third-order valence-corrected chi connectivity index (χ3v) is 4.99. The number of fused-ring (bicyclic) bond motifs is 1.